The average Bonchev–Trinajstić information content (AvgIpc) is 3.18. The van der Waals surface area contributed by atoms with Gasteiger partial charge in [-0.1, -0.05) is 18.2 Å². The van der Waals surface area contributed by atoms with Crippen LogP contribution in [0.5, 0.6) is 17.2 Å². The van der Waals surface area contributed by atoms with Crippen LogP contribution >= 0.6 is 0 Å². The number of urea groups is 1. The number of hydrogen-bond acceptors (Lipinski definition) is 5. The zero-order chi connectivity index (χ0) is 20.2. The van der Waals surface area contributed by atoms with Crippen LogP contribution in [0.2, 0.25) is 0 Å². The maximum absolute atomic E-state index is 12.9. The number of nitrogens with one attached hydrogen (secondary N) is 2. The first-order valence-electron chi connectivity index (χ1n) is 9.54. The number of benzene rings is 2. The van der Waals surface area contributed by atoms with Gasteiger partial charge < -0.3 is 29.7 Å². The lowest BCUT2D eigenvalue weighted by molar-refractivity contribution is -0.124. The number of hydrogen-bond donors (Lipinski definition) is 2. The largest absolute Gasteiger partial charge is 0.488 e. The van der Waals surface area contributed by atoms with Crippen LogP contribution in [-0.2, 0) is 4.79 Å². The van der Waals surface area contributed by atoms with Crippen LogP contribution in [0.3, 0.4) is 0 Å². The molecule has 2 N–H and O–H groups in total. The van der Waals surface area contributed by atoms with Gasteiger partial charge in [0, 0.05) is 25.2 Å². The summed E-state index contributed by atoms with van der Waals surface area (Å²) in [7, 11) is 1.56. The molecule has 2 aromatic rings. The van der Waals surface area contributed by atoms with Crippen molar-refractivity contribution in [3.05, 3.63) is 48.5 Å². The third-order valence-corrected chi connectivity index (χ3v) is 4.91. The topological polar surface area (TPSA) is 89.1 Å². The van der Waals surface area contributed by atoms with E-state index < -0.39 is 6.04 Å². The second-order valence-corrected chi connectivity index (χ2v) is 6.86. The minimum absolute atomic E-state index is 0.221. The summed E-state index contributed by atoms with van der Waals surface area (Å²) in [6.45, 7) is 1.28. The molecular formula is C21H23N3O5. The molecule has 2 aliphatic heterocycles. The molecule has 2 atom stereocenters. The first-order valence-corrected chi connectivity index (χ1v) is 9.54. The molecule has 0 aromatic heterocycles. The summed E-state index contributed by atoms with van der Waals surface area (Å²) in [6, 6.07) is 13.6. The van der Waals surface area contributed by atoms with Gasteiger partial charge in [-0.25, -0.2) is 4.79 Å². The predicted molar refractivity (Wildman–Crippen MR) is 106 cm³/mol. The van der Waals surface area contributed by atoms with Crippen LogP contribution in [0.4, 0.5) is 10.5 Å². The van der Waals surface area contributed by atoms with E-state index in [0.717, 1.165) is 0 Å². The number of carbonyl (C=O) groups is 2. The van der Waals surface area contributed by atoms with E-state index in [4.69, 9.17) is 14.2 Å². The van der Waals surface area contributed by atoms with Gasteiger partial charge in [0.05, 0.1) is 6.54 Å². The van der Waals surface area contributed by atoms with Crippen molar-refractivity contribution < 1.29 is 23.8 Å². The Morgan fingerprint density at radius 1 is 1.07 bits per heavy atom. The molecule has 1 fully saturated rings. The molecule has 2 aromatic carbocycles. The van der Waals surface area contributed by atoms with Crippen molar-refractivity contribution in [3.63, 3.8) is 0 Å². The maximum atomic E-state index is 12.9. The van der Waals surface area contributed by atoms with Crippen LogP contribution in [0.15, 0.2) is 48.5 Å². The molecule has 4 rings (SSSR count). The highest BCUT2D eigenvalue weighted by Gasteiger charge is 2.40. The van der Waals surface area contributed by atoms with E-state index in [-0.39, 0.29) is 18.0 Å². The second kappa shape index (κ2) is 8.30. The zero-order valence-electron chi connectivity index (χ0n) is 16.1. The minimum Gasteiger partial charge on any atom is -0.488 e. The van der Waals surface area contributed by atoms with Crippen molar-refractivity contribution in [2.24, 2.45) is 0 Å². The van der Waals surface area contributed by atoms with Gasteiger partial charge in [0.2, 0.25) is 5.91 Å². The number of likely N-dealkylation sites (N-methyl/N-ethyl adjacent to an activating group) is 1. The number of amides is 3. The smallest absolute Gasteiger partial charge is 0.322 e. The Bertz CT molecular complexity index is 889. The Labute approximate surface area is 168 Å². The molecule has 2 heterocycles. The highest BCUT2D eigenvalue weighted by molar-refractivity contribution is 5.94. The number of ether oxygens (including phenoxy) is 3. The summed E-state index contributed by atoms with van der Waals surface area (Å²) >= 11 is 0. The summed E-state index contributed by atoms with van der Waals surface area (Å²) in [4.78, 5) is 26.8. The standard InChI is InChI=1S/C21H23N3O5/c1-22-20(25)17-12-16(29-15-5-3-2-4-6-15)13-24(17)21(26)23-14-7-8-18-19(11-14)28-10-9-27-18/h2-8,11,16-17H,9-10,12-13H2,1H3,(H,22,25)(H,23,26)/t16-,17+/m0/s1. The molecule has 0 bridgehead atoms. The van der Waals surface area contributed by atoms with Crippen LogP contribution in [0, 0.1) is 0 Å². The minimum atomic E-state index is -0.606. The van der Waals surface area contributed by atoms with Gasteiger partial charge in [0.15, 0.2) is 11.5 Å². The molecule has 0 spiro atoms. The summed E-state index contributed by atoms with van der Waals surface area (Å²) in [6.07, 6.45) is 0.147. The Morgan fingerprint density at radius 2 is 1.83 bits per heavy atom. The lowest BCUT2D eigenvalue weighted by Gasteiger charge is -2.24. The summed E-state index contributed by atoms with van der Waals surface area (Å²) in [5, 5.41) is 5.47. The highest BCUT2D eigenvalue weighted by atomic mass is 16.6. The van der Waals surface area contributed by atoms with E-state index in [0.29, 0.717) is 49.1 Å². The Balaban J connectivity index is 1.47. The summed E-state index contributed by atoms with van der Waals surface area (Å²) in [5.74, 6) is 1.72. The molecule has 29 heavy (non-hydrogen) atoms. The number of likely N-dealkylation sites (tertiary alicyclic amines) is 1. The van der Waals surface area contributed by atoms with Crippen molar-refractivity contribution in [3.8, 4) is 17.2 Å². The lowest BCUT2D eigenvalue weighted by atomic mass is 10.2. The maximum Gasteiger partial charge on any atom is 0.322 e. The van der Waals surface area contributed by atoms with Gasteiger partial charge in [-0.15, -0.1) is 0 Å². The number of rotatable bonds is 4. The molecule has 152 valence electrons. The van der Waals surface area contributed by atoms with Crippen molar-refractivity contribution in [1.29, 1.82) is 0 Å². The van der Waals surface area contributed by atoms with Gasteiger partial charge in [-0.05, 0) is 24.3 Å². The normalized spacial score (nSPS) is 20.1. The van der Waals surface area contributed by atoms with Crippen LogP contribution in [0.1, 0.15) is 6.42 Å². The van der Waals surface area contributed by atoms with Crippen molar-refractivity contribution in [2.75, 3.05) is 32.1 Å². The molecule has 1 saturated heterocycles. The van der Waals surface area contributed by atoms with Gasteiger partial charge in [-0.3, -0.25) is 4.79 Å². The SMILES string of the molecule is CNC(=O)[C@H]1C[C@H](Oc2ccccc2)CN1C(=O)Nc1ccc2c(c1)OCCO2. The zero-order valence-corrected chi connectivity index (χ0v) is 16.1. The number of para-hydroxylation sites is 1. The van der Waals surface area contributed by atoms with E-state index in [9.17, 15) is 9.59 Å². The van der Waals surface area contributed by atoms with Crippen LogP contribution in [0.25, 0.3) is 0 Å². The van der Waals surface area contributed by atoms with Gasteiger partial charge >= 0.3 is 6.03 Å². The quantitative estimate of drug-likeness (QED) is 0.826. The Morgan fingerprint density at radius 3 is 2.59 bits per heavy atom. The molecule has 8 nitrogen and oxygen atoms in total. The van der Waals surface area contributed by atoms with E-state index in [1.54, 1.807) is 25.2 Å². The van der Waals surface area contributed by atoms with E-state index in [1.165, 1.54) is 4.90 Å². The van der Waals surface area contributed by atoms with Crippen LogP contribution in [-0.4, -0.2) is 55.8 Å². The number of nitrogens with zero attached hydrogens (tertiary/aromatic N) is 1. The fraction of sp³-hybridized carbons (Fsp3) is 0.333. The molecule has 8 heteroatoms. The first kappa shape index (κ1) is 18.9. The fourth-order valence-electron chi connectivity index (χ4n) is 3.53. The monoisotopic (exact) mass is 397 g/mol. The van der Waals surface area contributed by atoms with E-state index in [2.05, 4.69) is 10.6 Å². The molecule has 0 radical (unpaired) electrons. The molecule has 2 aliphatic rings. The van der Waals surface area contributed by atoms with Crippen molar-refractivity contribution in [2.45, 2.75) is 18.6 Å². The molecule has 0 unspecified atom stereocenters. The number of fused-ring (bicyclic) bond motifs is 1. The Hall–Kier alpha value is -3.42. The molecular weight excluding hydrogens is 374 g/mol. The predicted octanol–water partition coefficient (Wildman–Crippen LogP) is 2.26. The average molecular weight is 397 g/mol. The van der Waals surface area contributed by atoms with Gasteiger partial charge in [0.25, 0.3) is 0 Å². The molecule has 0 saturated carbocycles. The van der Waals surface area contributed by atoms with E-state index in [1.807, 2.05) is 30.3 Å². The molecule has 3 amide bonds. The summed E-state index contributed by atoms with van der Waals surface area (Å²) in [5.41, 5.74) is 0.572. The van der Waals surface area contributed by atoms with Crippen LogP contribution < -0.4 is 24.8 Å². The van der Waals surface area contributed by atoms with Gasteiger partial charge in [0.1, 0.15) is 31.1 Å². The van der Waals surface area contributed by atoms with Crippen molar-refractivity contribution >= 4 is 17.6 Å². The molecule has 0 aliphatic carbocycles. The number of anilines is 1. The fourth-order valence-corrected chi connectivity index (χ4v) is 3.53. The third-order valence-electron chi connectivity index (χ3n) is 4.91. The van der Waals surface area contributed by atoms with Crippen molar-refractivity contribution in [1.82, 2.24) is 10.2 Å². The van der Waals surface area contributed by atoms with Gasteiger partial charge in [-0.2, -0.15) is 0 Å². The third kappa shape index (κ3) is 4.21. The second-order valence-electron chi connectivity index (χ2n) is 6.86. The summed E-state index contributed by atoms with van der Waals surface area (Å²) < 4.78 is 17.0. The lowest BCUT2D eigenvalue weighted by Crippen LogP contribution is -2.46. The first-order chi connectivity index (χ1) is 14.1. The van der Waals surface area contributed by atoms with E-state index >= 15 is 0 Å². The highest BCUT2D eigenvalue weighted by Crippen LogP contribution is 2.33. The Kier molecular flexibility index (Phi) is 5.41. The number of carbonyl (C=O) groups excluding carboxylic acids is 2.